The molecule has 1 heterocycles. The van der Waals surface area contributed by atoms with Gasteiger partial charge in [0.25, 0.3) is 0 Å². The van der Waals surface area contributed by atoms with Crippen molar-refractivity contribution in [3.8, 4) is 0 Å². The van der Waals surface area contributed by atoms with Crippen molar-refractivity contribution in [3.05, 3.63) is 0 Å². The Balaban J connectivity index is 1.90. The maximum Gasteiger partial charge on any atom is 0.0695 e. The predicted molar refractivity (Wildman–Crippen MR) is 84.9 cm³/mol. The van der Waals surface area contributed by atoms with Gasteiger partial charge in [0.2, 0.25) is 0 Å². The summed E-state index contributed by atoms with van der Waals surface area (Å²) in [6, 6.07) is 0.400. The van der Waals surface area contributed by atoms with E-state index in [-0.39, 0.29) is 6.10 Å². The van der Waals surface area contributed by atoms with Gasteiger partial charge in [-0.3, -0.25) is 4.90 Å². The first-order chi connectivity index (χ1) is 9.41. The highest BCUT2D eigenvalue weighted by atomic mass is 16.3. The third kappa shape index (κ3) is 3.96. The van der Waals surface area contributed by atoms with E-state index in [0.29, 0.717) is 11.5 Å². The average Bonchev–Trinajstić information content (AvgIpc) is 2.39. The van der Waals surface area contributed by atoms with Gasteiger partial charge in [-0.15, -0.1) is 0 Å². The fourth-order valence-corrected chi connectivity index (χ4v) is 3.94. The zero-order chi connectivity index (χ0) is 14.8. The first kappa shape index (κ1) is 16.3. The first-order valence-electron chi connectivity index (χ1n) is 8.56. The Hall–Kier alpha value is -0.120. The molecule has 0 aromatic rings. The molecular formula is C17H34N2O. The van der Waals surface area contributed by atoms with Crippen molar-refractivity contribution in [2.45, 2.75) is 65.5 Å². The van der Waals surface area contributed by atoms with Gasteiger partial charge in [0.15, 0.2) is 0 Å². The Morgan fingerprint density at radius 1 is 1.05 bits per heavy atom. The van der Waals surface area contributed by atoms with Crippen LogP contribution in [0.3, 0.4) is 0 Å². The van der Waals surface area contributed by atoms with E-state index < -0.39 is 0 Å². The molecule has 0 aromatic heterocycles. The topological polar surface area (TPSA) is 26.7 Å². The standard InChI is InChI=1S/C17H34N2O/c1-5-8-18-9-11-19(12-10-18)15-13-14(17(2,3)4)6-7-16(15)20/h14-16,20H,5-13H2,1-4H3. The zero-order valence-corrected chi connectivity index (χ0v) is 13.9. The number of hydrogen-bond acceptors (Lipinski definition) is 3. The number of nitrogens with zero attached hydrogens (tertiary/aromatic N) is 2. The summed E-state index contributed by atoms with van der Waals surface area (Å²) < 4.78 is 0. The third-order valence-electron chi connectivity index (χ3n) is 5.42. The molecule has 1 saturated heterocycles. The summed E-state index contributed by atoms with van der Waals surface area (Å²) in [6.45, 7) is 15.2. The van der Waals surface area contributed by atoms with Crippen molar-refractivity contribution >= 4 is 0 Å². The van der Waals surface area contributed by atoms with Gasteiger partial charge in [0.05, 0.1) is 6.10 Å². The Kier molecular flexibility index (Phi) is 5.49. The molecule has 1 saturated carbocycles. The predicted octanol–water partition coefficient (Wildman–Crippen LogP) is 2.59. The highest BCUT2D eigenvalue weighted by molar-refractivity contribution is 4.92. The molecule has 0 spiro atoms. The maximum atomic E-state index is 10.4. The first-order valence-corrected chi connectivity index (χ1v) is 8.56. The highest BCUT2D eigenvalue weighted by Crippen LogP contribution is 2.39. The minimum absolute atomic E-state index is 0.105. The third-order valence-corrected chi connectivity index (χ3v) is 5.42. The number of rotatable bonds is 3. The van der Waals surface area contributed by atoms with E-state index in [1.807, 2.05) is 0 Å². The molecule has 1 N–H and O–H groups in total. The fraction of sp³-hybridized carbons (Fsp3) is 1.00. The summed E-state index contributed by atoms with van der Waals surface area (Å²) in [5.41, 5.74) is 0.377. The second-order valence-electron chi connectivity index (χ2n) is 7.89. The minimum Gasteiger partial charge on any atom is -0.391 e. The van der Waals surface area contributed by atoms with Crippen LogP contribution in [0.2, 0.25) is 0 Å². The van der Waals surface area contributed by atoms with Crippen molar-refractivity contribution in [1.82, 2.24) is 9.80 Å². The normalized spacial score (nSPS) is 34.4. The minimum atomic E-state index is -0.105. The van der Waals surface area contributed by atoms with Gasteiger partial charge in [-0.1, -0.05) is 27.7 Å². The van der Waals surface area contributed by atoms with E-state index in [9.17, 15) is 5.11 Å². The van der Waals surface area contributed by atoms with E-state index in [2.05, 4.69) is 37.5 Å². The van der Waals surface area contributed by atoms with Gasteiger partial charge in [-0.05, 0) is 43.6 Å². The van der Waals surface area contributed by atoms with Crippen LogP contribution in [0.1, 0.15) is 53.4 Å². The van der Waals surface area contributed by atoms with Gasteiger partial charge >= 0.3 is 0 Å². The van der Waals surface area contributed by atoms with Crippen LogP contribution in [0, 0.1) is 11.3 Å². The quantitative estimate of drug-likeness (QED) is 0.862. The molecule has 20 heavy (non-hydrogen) atoms. The lowest BCUT2D eigenvalue weighted by molar-refractivity contribution is -0.0329. The summed E-state index contributed by atoms with van der Waals surface area (Å²) in [7, 11) is 0. The summed E-state index contributed by atoms with van der Waals surface area (Å²) in [5.74, 6) is 0.754. The highest BCUT2D eigenvalue weighted by Gasteiger charge is 2.38. The summed E-state index contributed by atoms with van der Waals surface area (Å²) in [5, 5.41) is 10.4. The van der Waals surface area contributed by atoms with Crippen molar-refractivity contribution in [3.63, 3.8) is 0 Å². The van der Waals surface area contributed by atoms with Crippen molar-refractivity contribution in [2.75, 3.05) is 32.7 Å². The number of aliphatic hydroxyl groups is 1. The lowest BCUT2D eigenvalue weighted by Gasteiger charge is -2.47. The van der Waals surface area contributed by atoms with Crippen LogP contribution in [0.5, 0.6) is 0 Å². The maximum absolute atomic E-state index is 10.4. The van der Waals surface area contributed by atoms with E-state index in [0.717, 1.165) is 25.4 Å². The summed E-state index contributed by atoms with van der Waals surface area (Å²) in [4.78, 5) is 5.13. The Bertz CT molecular complexity index is 292. The molecular weight excluding hydrogens is 248 g/mol. The largest absolute Gasteiger partial charge is 0.391 e. The molecule has 3 unspecified atom stereocenters. The molecule has 3 atom stereocenters. The molecule has 0 amide bonds. The van der Waals surface area contributed by atoms with Gasteiger partial charge in [-0.25, -0.2) is 0 Å². The van der Waals surface area contributed by atoms with Crippen molar-refractivity contribution in [1.29, 1.82) is 0 Å². The monoisotopic (exact) mass is 282 g/mol. The number of aliphatic hydroxyl groups excluding tert-OH is 1. The summed E-state index contributed by atoms with van der Waals surface area (Å²) in [6.07, 6.45) is 4.50. The molecule has 0 bridgehead atoms. The Morgan fingerprint density at radius 3 is 2.25 bits per heavy atom. The molecule has 0 radical (unpaired) electrons. The Morgan fingerprint density at radius 2 is 1.70 bits per heavy atom. The van der Waals surface area contributed by atoms with Crippen LogP contribution in [0.4, 0.5) is 0 Å². The smallest absolute Gasteiger partial charge is 0.0695 e. The molecule has 3 heteroatoms. The van der Waals surface area contributed by atoms with Gasteiger partial charge in [0.1, 0.15) is 0 Å². The van der Waals surface area contributed by atoms with E-state index >= 15 is 0 Å². The SMILES string of the molecule is CCCN1CCN(C2CC(C(C)(C)C)CCC2O)CC1. The molecule has 3 nitrogen and oxygen atoms in total. The number of piperazine rings is 1. The summed E-state index contributed by atoms with van der Waals surface area (Å²) >= 11 is 0. The van der Waals surface area contributed by atoms with Crippen molar-refractivity contribution in [2.24, 2.45) is 11.3 Å². The van der Waals surface area contributed by atoms with E-state index in [1.165, 1.54) is 38.9 Å². The molecule has 2 rings (SSSR count). The van der Waals surface area contributed by atoms with Gasteiger partial charge < -0.3 is 10.0 Å². The second-order valence-corrected chi connectivity index (χ2v) is 7.89. The molecule has 118 valence electrons. The lowest BCUT2D eigenvalue weighted by Crippen LogP contribution is -2.56. The second kappa shape index (κ2) is 6.76. The van der Waals surface area contributed by atoms with E-state index in [4.69, 9.17) is 0 Å². The molecule has 2 fully saturated rings. The zero-order valence-electron chi connectivity index (χ0n) is 13.9. The van der Waals surface area contributed by atoms with Crippen LogP contribution in [-0.2, 0) is 0 Å². The fourth-order valence-electron chi connectivity index (χ4n) is 3.94. The van der Waals surface area contributed by atoms with E-state index in [1.54, 1.807) is 0 Å². The van der Waals surface area contributed by atoms with Crippen LogP contribution in [-0.4, -0.2) is 59.8 Å². The Labute approximate surface area is 125 Å². The van der Waals surface area contributed by atoms with Crippen LogP contribution in [0.25, 0.3) is 0 Å². The van der Waals surface area contributed by atoms with Gasteiger partial charge in [0, 0.05) is 32.2 Å². The molecule has 1 aliphatic carbocycles. The lowest BCUT2D eigenvalue weighted by atomic mass is 9.70. The average molecular weight is 282 g/mol. The van der Waals surface area contributed by atoms with Crippen LogP contribution in [0.15, 0.2) is 0 Å². The van der Waals surface area contributed by atoms with Gasteiger partial charge in [-0.2, -0.15) is 0 Å². The van der Waals surface area contributed by atoms with Crippen LogP contribution < -0.4 is 0 Å². The molecule has 2 aliphatic rings. The number of hydrogen-bond donors (Lipinski definition) is 1. The molecule has 0 aromatic carbocycles. The van der Waals surface area contributed by atoms with Crippen LogP contribution >= 0.6 is 0 Å². The van der Waals surface area contributed by atoms with Crippen molar-refractivity contribution < 1.29 is 5.11 Å². The molecule has 1 aliphatic heterocycles.